The molecule has 88 valence electrons. The maximum absolute atomic E-state index is 11.6. The SMILES string of the molecule is CCN1CCC(C(=O)OCCOC)CC1. The molecule has 0 aromatic heterocycles. The van der Waals surface area contributed by atoms with Gasteiger partial charge in [-0.15, -0.1) is 0 Å². The molecule has 0 spiro atoms. The molecule has 0 radical (unpaired) electrons. The van der Waals surface area contributed by atoms with E-state index in [9.17, 15) is 4.79 Å². The molecular weight excluding hydrogens is 194 g/mol. The Hall–Kier alpha value is -0.610. The first-order valence-electron chi connectivity index (χ1n) is 5.65. The summed E-state index contributed by atoms with van der Waals surface area (Å²) in [6.45, 7) is 6.12. The molecule has 0 aliphatic carbocycles. The van der Waals surface area contributed by atoms with Crippen LogP contribution in [0.25, 0.3) is 0 Å². The van der Waals surface area contributed by atoms with E-state index < -0.39 is 0 Å². The van der Waals surface area contributed by atoms with Gasteiger partial charge in [0.1, 0.15) is 6.61 Å². The molecule has 1 saturated heterocycles. The number of hydrogen-bond acceptors (Lipinski definition) is 4. The number of piperidine rings is 1. The van der Waals surface area contributed by atoms with Crippen molar-refractivity contribution in [2.75, 3.05) is 40.0 Å². The predicted molar refractivity (Wildman–Crippen MR) is 57.7 cm³/mol. The molecular formula is C11H21NO3. The van der Waals surface area contributed by atoms with Gasteiger partial charge in [0.05, 0.1) is 12.5 Å². The molecule has 1 aliphatic heterocycles. The van der Waals surface area contributed by atoms with E-state index in [1.54, 1.807) is 7.11 Å². The summed E-state index contributed by atoms with van der Waals surface area (Å²) in [7, 11) is 1.60. The zero-order valence-electron chi connectivity index (χ0n) is 9.70. The second-order valence-corrected chi connectivity index (χ2v) is 3.87. The smallest absolute Gasteiger partial charge is 0.309 e. The van der Waals surface area contributed by atoms with Crippen molar-refractivity contribution in [3.63, 3.8) is 0 Å². The van der Waals surface area contributed by atoms with Crippen molar-refractivity contribution < 1.29 is 14.3 Å². The molecule has 0 N–H and O–H groups in total. The maximum Gasteiger partial charge on any atom is 0.309 e. The number of hydrogen-bond donors (Lipinski definition) is 0. The summed E-state index contributed by atoms with van der Waals surface area (Å²) in [5.74, 6) is 0.0486. The number of methoxy groups -OCH3 is 1. The summed E-state index contributed by atoms with van der Waals surface area (Å²) in [5.41, 5.74) is 0. The predicted octanol–water partition coefficient (Wildman–Crippen LogP) is 0.908. The summed E-state index contributed by atoms with van der Waals surface area (Å²) in [6, 6.07) is 0. The fraction of sp³-hybridized carbons (Fsp3) is 0.909. The summed E-state index contributed by atoms with van der Waals surface area (Å²) in [5, 5.41) is 0. The molecule has 0 aromatic rings. The lowest BCUT2D eigenvalue weighted by Gasteiger charge is -2.29. The van der Waals surface area contributed by atoms with Crippen LogP contribution < -0.4 is 0 Å². The van der Waals surface area contributed by atoms with Crippen LogP contribution in [-0.4, -0.2) is 50.8 Å². The average molecular weight is 215 g/mol. The largest absolute Gasteiger partial charge is 0.463 e. The van der Waals surface area contributed by atoms with Crippen molar-refractivity contribution in [2.24, 2.45) is 5.92 Å². The zero-order valence-corrected chi connectivity index (χ0v) is 9.70. The van der Waals surface area contributed by atoms with E-state index in [-0.39, 0.29) is 11.9 Å². The first-order chi connectivity index (χ1) is 7.27. The first kappa shape index (κ1) is 12.5. The molecule has 0 bridgehead atoms. The van der Waals surface area contributed by atoms with Gasteiger partial charge >= 0.3 is 5.97 Å². The van der Waals surface area contributed by atoms with Gasteiger partial charge in [-0.25, -0.2) is 0 Å². The van der Waals surface area contributed by atoms with Crippen LogP contribution in [0.2, 0.25) is 0 Å². The van der Waals surface area contributed by atoms with Crippen LogP contribution in [-0.2, 0) is 14.3 Å². The monoisotopic (exact) mass is 215 g/mol. The van der Waals surface area contributed by atoms with Crippen LogP contribution >= 0.6 is 0 Å². The van der Waals surface area contributed by atoms with Gasteiger partial charge < -0.3 is 14.4 Å². The molecule has 0 saturated carbocycles. The highest BCUT2D eigenvalue weighted by atomic mass is 16.6. The van der Waals surface area contributed by atoms with Crippen molar-refractivity contribution in [3.8, 4) is 0 Å². The normalized spacial score (nSPS) is 19.1. The van der Waals surface area contributed by atoms with Gasteiger partial charge in [-0.2, -0.15) is 0 Å². The summed E-state index contributed by atoms with van der Waals surface area (Å²) >= 11 is 0. The number of likely N-dealkylation sites (tertiary alicyclic amines) is 1. The highest BCUT2D eigenvalue weighted by Gasteiger charge is 2.25. The summed E-state index contributed by atoms with van der Waals surface area (Å²) < 4.78 is 9.94. The number of carbonyl (C=O) groups excluding carboxylic acids is 1. The van der Waals surface area contributed by atoms with Crippen LogP contribution in [0.15, 0.2) is 0 Å². The van der Waals surface area contributed by atoms with Crippen molar-refractivity contribution in [1.82, 2.24) is 4.90 Å². The van der Waals surface area contributed by atoms with E-state index in [1.807, 2.05) is 0 Å². The lowest BCUT2D eigenvalue weighted by Crippen LogP contribution is -2.36. The molecule has 1 fully saturated rings. The molecule has 1 aliphatic rings. The van der Waals surface area contributed by atoms with E-state index in [0.717, 1.165) is 32.5 Å². The molecule has 0 atom stereocenters. The highest BCUT2D eigenvalue weighted by molar-refractivity contribution is 5.72. The van der Waals surface area contributed by atoms with Crippen molar-refractivity contribution in [2.45, 2.75) is 19.8 Å². The minimum atomic E-state index is -0.0530. The Kier molecular flexibility index (Phi) is 5.65. The van der Waals surface area contributed by atoms with Crippen LogP contribution in [0.3, 0.4) is 0 Å². The molecule has 15 heavy (non-hydrogen) atoms. The van der Waals surface area contributed by atoms with E-state index in [2.05, 4.69) is 11.8 Å². The third-order valence-corrected chi connectivity index (χ3v) is 2.90. The van der Waals surface area contributed by atoms with Gasteiger partial charge in [0.25, 0.3) is 0 Å². The standard InChI is InChI=1S/C11H21NO3/c1-3-12-6-4-10(5-7-12)11(13)15-9-8-14-2/h10H,3-9H2,1-2H3. The quantitative estimate of drug-likeness (QED) is 0.505. The Labute approximate surface area is 91.5 Å². The fourth-order valence-corrected chi connectivity index (χ4v) is 1.83. The third-order valence-electron chi connectivity index (χ3n) is 2.90. The highest BCUT2D eigenvalue weighted by Crippen LogP contribution is 2.18. The van der Waals surface area contributed by atoms with Crippen LogP contribution in [0.1, 0.15) is 19.8 Å². The van der Waals surface area contributed by atoms with Gasteiger partial charge in [-0.1, -0.05) is 6.92 Å². The molecule has 4 nitrogen and oxygen atoms in total. The van der Waals surface area contributed by atoms with E-state index in [0.29, 0.717) is 13.2 Å². The van der Waals surface area contributed by atoms with Crippen molar-refractivity contribution in [3.05, 3.63) is 0 Å². The number of esters is 1. The average Bonchev–Trinajstić information content (AvgIpc) is 2.29. The second-order valence-electron chi connectivity index (χ2n) is 3.87. The fourth-order valence-electron chi connectivity index (χ4n) is 1.83. The summed E-state index contributed by atoms with van der Waals surface area (Å²) in [4.78, 5) is 13.9. The molecule has 0 aromatic carbocycles. The topological polar surface area (TPSA) is 38.8 Å². The van der Waals surface area contributed by atoms with Crippen LogP contribution in [0, 0.1) is 5.92 Å². The number of ether oxygens (including phenoxy) is 2. The van der Waals surface area contributed by atoms with Gasteiger partial charge in [-0.05, 0) is 32.5 Å². The molecule has 4 heteroatoms. The number of rotatable bonds is 5. The first-order valence-corrected chi connectivity index (χ1v) is 5.65. The van der Waals surface area contributed by atoms with Gasteiger partial charge in [-0.3, -0.25) is 4.79 Å². The zero-order chi connectivity index (χ0) is 11.1. The van der Waals surface area contributed by atoms with E-state index in [1.165, 1.54) is 0 Å². The lowest BCUT2D eigenvalue weighted by molar-refractivity contribution is -0.151. The van der Waals surface area contributed by atoms with E-state index in [4.69, 9.17) is 9.47 Å². The van der Waals surface area contributed by atoms with Gasteiger partial charge in [0.2, 0.25) is 0 Å². The van der Waals surface area contributed by atoms with E-state index >= 15 is 0 Å². The Morgan fingerprint density at radius 3 is 2.53 bits per heavy atom. The van der Waals surface area contributed by atoms with Gasteiger partial charge in [0.15, 0.2) is 0 Å². The Bertz CT molecular complexity index is 188. The number of nitrogens with zero attached hydrogens (tertiary/aromatic N) is 1. The van der Waals surface area contributed by atoms with Crippen LogP contribution in [0.4, 0.5) is 0 Å². The number of carbonyl (C=O) groups is 1. The second kappa shape index (κ2) is 6.80. The molecule has 1 rings (SSSR count). The lowest BCUT2D eigenvalue weighted by atomic mass is 9.97. The Balaban J connectivity index is 2.18. The molecule has 1 heterocycles. The Morgan fingerprint density at radius 1 is 1.33 bits per heavy atom. The van der Waals surface area contributed by atoms with Gasteiger partial charge in [0, 0.05) is 7.11 Å². The Morgan fingerprint density at radius 2 is 2.00 bits per heavy atom. The molecule has 0 unspecified atom stereocenters. The minimum Gasteiger partial charge on any atom is -0.463 e. The molecule has 0 amide bonds. The van der Waals surface area contributed by atoms with Crippen LogP contribution in [0.5, 0.6) is 0 Å². The maximum atomic E-state index is 11.6. The minimum absolute atomic E-state index is 0.0530. The van der Waals surface area contributed by atoms with Crippen molar-refractivity contribution in [1.29, 1.82) is 0 Å². The van der Waals surface area contributed by atoms with Crippen molar-refractivity contribution >= 4 is 5.97 Å². The third kappa shape index (κ3) is 4.18. The summed E-state index contributed by atoms with van der Waals surface area (Å²) in [6.07, 6.45) is 1.86.